The Morgan fingerprint density at radius 3 is 2.41 bits per heavy atom. The van der Waals surface area contributed by atoms with E-state index < -0.39 is 0 Å². The fourth-order valence-electron chi connectivity index (χ4n) is 2.27. The van der Waals surface area contributed by atoms with Crippen molar-refractivity contribution in [3.05, 3.63) is 34.4 Å². The average Bonchev–Trinajstić information content (AvgIpc) is 2.69. The van der Waals surface area contributed by atoms with E-state index in [0.29, 0.717) is 13.2 Å². The normalized spacial score (nSPS) is 24.0. The van der Waals surface area contributed by atoms with Crippen LogP contribution in [-0.2, 0) is 4.74 Å². The lowest BCUT2D eigenvalue weighted by Gasteiger charge is -2.15. The minimum atomic E-state index is -0.184. The molecule has 0 amide bonds. The van der Waals surface area contributed by atoms with Crippen LogP contribution in [0.1, 0.15) is 27.0 Å². The number of nitrogens with two attached hydrogens (primary N) is 1. The fraction of sp³-hybridized carbons (Fsp3) is 0.500. The number of hydrogen-bond acceptors (Lipinski definition) is 3. The quantitative estimate of drug-likeness (QED) is 0.792. The third-order valence-corrected chi connectivity index (χ3v) is 3.57. The molecule has 1 aliphatic rings. The predicted molar refractivity (Wildman–Crippen MR) is 67.3 cm³/mol. The first-order chi connectivity index (χ1) is 8.00. The van der Waals surface area contributed by atoms with Gasteiger partial charge in [-0.3, -0.25) is 4.79 Å². The smallest absolute Gasteiger partial charge is 0.170 e. The number of hydrogen-bond donors (Lipinski definition) is 1. The zero-order valence-corrected chi connectivity index (χ0v) is 10.6. The summed E-state index contributed by atoms with van der Waals surface area (Å²) in [6.45, 7) is 6.99. The number of carbonyl (C=O) groups is 1. The first kappa shape index (κ1) is 12.3. The van der Waals surface area contributed by atoms with Crippen molar-refractivity contribution in [2.24, 2.45) is 11.7 Å². The highest BCUT2D eigenvalue weighted by Gasteiger charge is 2.32. The molecular weight excluding hydrogens is 214 g/mol. The molecule has 0 aromatic heterocycles. The van der Waals surface area contributed by atoms with E-state index >= 15 is 0 Å². The maximum atomic E-state index is 12.4. The molecule has 0 radical (unpaired) electrons. The maximum absolute atomic E-state index is 12.4. The van der Waals surface area contributed by atoms with Crippen molar-refractivity contribution in [3.8, 4) is 0 Å². The third kappa shape index (κ3) is 2.26. The van der Waals surface area contributed by atoms with Gasteiger partial charge in [0.2, 0.25) is 0 Å². The van der Waals surface area contributed by atoms with E-state index in [9.17, 15) is 4.79 Å². The molecule has 3 nitrogen and oxygen atoms in total. The minimum absolute atomic E-state index is 0.121. The van der Waals surface area contributed by atoms with Crippen molar-refractivity contribution in [1.29, 1.82) is 0 Å². The first-order valence-corrected chi connectivity index (χ1v) is 5.96. The van der Waals surface area contributed by atoms with Crippen molar-refractivity contribution in [3.63, 3.8) is 0 Å². The molecule has 2 rings (SSSR count). The monoisotopic (exact) mass is 233 g/mol. The molecule has 0 aliphatic carbocycles. The Bertz CT molecular complexity index is 454. The summed E-state index contributed by atoms with van der Waals surface area (Å²) in [6, 6.07) is 3.87. The van der Waals surface area contributed by atoms with E-state index in [1.807, 2.05) is 19.9 Å². The highest BCUT2D eigenvalue weighted by molar-refractivity contribution is 6.00. The van der Waals surface area contributed by atoms with Gasteiger partial charge in [-0.25, -0.2) is 0 Å². The molecule has 1 fully saturated rings. The Balaban J connectivity index is 2.34. The summed E-state index contributed by atoms with van der Waals surface area (Å²) < 4.78 is 5.26. The number of aryl methyl sites for hydroxylation is 3. The summed E-state index contributed by atoms with van der Waals surface area (Å²) in [6.07, 6.45) is 0. The van der Waals surface area contributed by atoms with Crippen molar-refractivity contribution < 1.29 is 9.53 Å². The topological polar surface area (TPSA) is 52.3 Å². The summed E-state index contributed by atoms with van der Waals surface area (Å²) in [5, 5.41) is 0. The van der Waals surface area contributed by atoms with Crippen LogP contribution in [0.25, 0.3) is 0 Å². The van der Waals surface area contributed by atoms with Gasteiger partial charge in [-0.15, -0.1) is 0 Å². The molecule has 17 heavy (non-hydrogen) atoms. The Labute approximate surface area is 102 Å². The number of ether oxygens (including phenoxy) is 1. The van der Waals surface area contributed by atoms with Crippen molar-refractivity contribution in [2.75, 3.05) is 13.2 Å². The zero-order chi connectivity index (χ0) is 12.6. The van der Waals surface area contributed by atoms with Gasteiger partial charge in [-0.05, 0) is 43.5 Å². The summed E-state index contributed by atoms with van der Waals surface area (Å²) in [5.41, 5.74) is 10.1. The Kier molecular flexibility index (Phi) is 3.31. The van der Waals surface area contributed by atoms with Gasteiger partial charge in [0.15, 0.2) is 5.78 Å². The fourth-order valence-corrected chi connectivity index (χ4v) is 2.27. The molecule has 1 saturated heterocycles. The van der Waals surface area contributed by atoms with Gasteiger partial charge in [0.1, 0.15) is 0 Å². The summed E-state index contributed by atoms with van der Waals surface area (Å²) >= 11 is 0. The lowest BCUT2D eigenvalue weighted by molar-refractivity contribution is 0.0895. The maximum Gasteiger partial charge on any atom is 0.170 e. The average molecular weight is 233 g/mol. The Morgan fingerprint density at radius 2 is 1.82 bits per heavy atom. The summed E-state index contributed by atoms with van der Waals surface area (Å²) in [7, 11) is 0. The van der Waals surface area contributed by atoms with Crippen LogP contribution in [0.5, 0.6) is 0 Å². The molecule has 2 unspecified atom stereocenters. The molecule has 0 bridgehead atoms. The number of benzene rings is 1. The summed E-state index contributed by atoms with van der Waals surface area (Å²) in [5.74, 6) is -0.0635. The molecule has 0 saturated carbocycles. The van der Waals surface area contributed by atoms with Crippen molar-refractivity contribution in [2.45, 2.75) is 26.8 Å². The van der Waals surface area contributed by atoms with Gasteiger partial charge in [-0.2, -0.15) is 0 Å². The van der Waals surface area contributed by atoms with E-state index in [1.165, 1.54) is 5.56 Å². The third-order valence-electron chi connectivity index (χ3n) is 3.57. The second kappa shape index (κ2) is 4.59. The van der Waals surface area contributed by atoms with Crippen molar-refractivity contribution >= 4 is 5.78 Å². The van der Waals surface area contributed by atoms with Crippen LogP contribution in [0, 0.1) is 26.7 Å². The van der Waals surface area contributed by atoms with Gasteiger partial charge >= 0.3 is 0 Å². The first-order valence-electron chi connectivity index (χ1n) is 5.96. The summed E-state index contributed by atoms with van der Waals surface area (Å²) in [4.78, 5) is 12.4. The number of carbonyl (C=O) groups excluding carboxylic acids is 1. The van der Waals surface area contributed by atoms with E-state index in [-0.39, 0.29) is 17.7 Å². The van der Waals surface area contributed by atoms with Crippen molar-refractivity contribution in [1.82, 2.24) is 0 Å². The van der Waals surface area contributed by atoms with Crippen LogP contribution in [0.4, 0.5) is 0 Å². The lowest BCUT2D eigenvalue weighted by Crippen LogP contribution is -2.34. The zero-order valence-electron chi connectivity index (χ0n) is 10.6. The number of ketones is 1. The van der Waals surface area contributed by atoms with Gasteiger partial charge in [0.05, 0.1) is 19.1 Å². The molecule has 3 heteroatoms. The van der Waals surface area contributed by atoms with Crippen LogP contribution in [0.2, 0.25) is 0 Å². The molecule has 2 N–H and O–H groups in total. The molecule has 0 spiro atoms. The van der Waals surface area contributed by atoms with Crippen LogP contribution >= 0.6 is 0 Å². The van der Waals surface area contributed by atoms with E-state index in [1.54, 1.807) is 0 Å². The molecule has 1 heterocycles. The largest absolute Gasteiger partial charge is 0.379 e. The molecule has 2 atom stereocenters. The van der Waals surface area contributed by atoms with Crippen LogP contribution in [0.15, 0.2) is 12.1 Å². The van der Waals surface area contributed by atoms with E-state index in [2.05, 4.69) is 13.0 Å². The van der Waals surface area contributed by atoms with Crippen LogP contribution in [-0.4, -0.2) is 25.0 Å². The van der Waals surface area contributed by atoms with Crippen LogP contribution < -0.4 is 5.73 Å². The second-order valence-corrected chi connectivity index (χ2v) is 4.92. The Morgan fingerprint density at radius 1 is 1.18 bits per heavy atom. The highest BCUT2D eigenvalue weighted by Crippen LogP contribution is 2.22. The molecular formula is C14H19NO2. The SMILES string of the molecule is Cc1cc(C)c(C(=O)C2COCC2N)cc1C. The van der Waals surface area contributed by atoms with Gasteiger partial charge < -0.3 is 10.5 Å². The molecule has 1 aromatic rings. The Hall–Kier alpha value is -1.19. The standard InChI is InChI=1S/C14H19NO2/c1-8-4-10(3)11(5-9(8)2)14(16)12-6-17-7-13(12)15/h4-5,12-13H,6-7,15H2,1-3H3. The number of Topliss-reactive ketones (excluding diaryl/α,β-unsaturated/α-hetero) is 1. The van der Waals surface area contributed by atoms with E-state index in [0.717, 1.165) is 16.7 Å². The molecule has 1 aliphatic heterocycles. The van der Waals surface area contributed by atoms with Crippen LogP contribution in [0.3, 0.4) is 0 Å². The van der Waals surface area contributed by atoms with Gasteiger partial charge in [-0.1, -0.05) is 6.07 Å². The second-order valence-electron chi connectivity index (χ2n) is 4.92. The molecule has 92 valence electrons. The minimum Gasteiger partial charge on any atom is -0.379 e. The number of rotatable bonds is 2. The highest BCUT2D eigenvalue weighted by atomic mass is 16.5. The van der Waals surface area contributed by atoms with Gasteiger partial charge in [0, 0.05) is 11.6 Å². The van der Waals surface area contributed by atoms with Gasteiger partial charge in [0.25, 0.3) is 0 Å². The predicted octanol–water partition coefficient (Wildman–Crippen LogP) is 1.77. The lowest BCUT2D eigenvalue weighted by atomic mass is 9.89. The molecule has 1 aromatic carbocycles. The van der Waals surface area contributed by atoms with E-state index in [4.69, 9.17) is 10.5 Å².